The Labute approximate surface area is 73.5 Å². The van der Waals surface area contributed by atoms with Crippen LogP contribution >= 0.6 is 18.9 Å². The zero-order valence-electron chi connectivity index (χ0n) is 6.88. The molecule has 64 valence electrons. The summed E-state index contributed by atoms with van der Waals surface area (Å²) in [5.74, 6) is 0. The molecule has 2 fully saturated rings. The van der Waals surface area contributed by atoms with E-state index in [2.05, 4.69) is 18.5 Å². The molecular weight excluding hydrogens is 181 g/mol. The van der Waals surface area contributed by atoms with Crippen LogP contribution in [0.4, 0.5) is 0 Å². The second kappa shape index (κ2) is 2.56. The SMILES string of the molecule is CC1(C)OP(Cl)N2CCCC21. The number of rotatable bonds is 0. The van der Waals surface area contributed by atoms with E-state index < -0.39 is 7.65 Å². The minimum atomic E-state index is -0.788. The van der Waals surface area contributed by atoms with Gasteiger partial charge in [-0.2, -0.15) is 0 Å². The summed E-state index contributed by atoms with van der Waals surface area (Å²) in [4.78, 5) is 0. The first-order valence-electron chi connectivity index (χ1n) is 4.03. The van der Waals surface area contributed by atoms with Crippen LogP contribution in [0, 0.1) is 0 Å². The molecule has 11 heavy (non-hydrogen) atoms. The smallest absolute Gasteiger partial charge is 0.207 e. The third kappa shape index (κ3) is 1.21. The molecule has 0 N–H and O–H groups in total. The van der Waals surface area contributed by atoms with Crippen LogP contribution in [0.25, 0.3) is 0 Å². The van der Waals surface area contributed by atoms with E-state index in [9.17, 15) is 0 Å². The first kappa shape index (κ1) is 8.25. The summed E-state index contributed by atoms with van der Waals surface area (Å²) in [6.07, 6.45) is 2.53. The summed E-state index contributed by atoms with van der Waals surface area (Å²) < 4.78 is 7.99. The van der Waals surface area contributed by atoms with Gasteiger partial charge >= 0.3 is 0 Å². The maximum atomic E-state index is 6.07. The quantitative estimate of drug-likeness (QED) is 0.549. The summed E-state index contributed by atoms with van der Waals surface area (Å²) >= 11 is 6.07. The minimum absolute atomic E-state index is 0.00997. The van der Waals surface area contributed by atoms with Crippen molar-refractivity contribution >= 4 is 18.9 Å². The molecule has 0 spiro atoms. The lowest BCUT2D eigenvalue weighted by Crippen LogP contribution is -2.35. The van der Waals surface area contributed by atoms with Gasteiger partial charge < -0.3 is 4.52 Å². The summed E-state index contributed by atoms with van der Waals surface area (Å²) in [6, 6.07) is 0.575. The zero-order valence-corrected chi connectivity index (χ0v) is 8.53. The van der Waals surface area contributed by atoms with Crippen molar-refractivity contribution in [2.45, 2.75) is 38.3 Å². The van der Waals surface area contributed by atoms with Gasteiger partial charge in [0.25, 0.3) is 0 Å². The van der Waals surface area contributed by atoms with Crippen molar-refractivity contribution in [3.8, 4) is 0 Å². The van der Waals surface area contributed by atoms with Crippen molar-refractivity contribution in [2.75, 3.05) is 6.54 Å². The van der Waals surface area contributed by atoms with E-state index >= 15 is 0 Å². The molecule has 2 aliphatic rings. The van der Waals surface area contributed by atoms with Gasteiger partial charge in [0.2, 0.25) is 7.65 Å². The van der Waals surface area contributed by atoms with E-state index in [0.717, 1.165) is 6.54 Å². The van der Waals surface area contributed by atoms with Crippen LogP contribution in [-0.4, -0.2) is 22.9 Å². The van der Waals surface area contributed by atoms with Crippen molar-refractivity contribution in [3.05, 3.63) is 0 Å². The highest BCUT2D eigenvalue weighted by atomic mass is 35.7. The number of nitrogens with zero attached hydrogens (tertiary/aromatic N) is 1. The monoisotopic (exact) mass is 193 g/mol. The number of halogens is 1. The molecular formula is C7H13ClNOP. The topological polar surface area (TPSA) is 12.5 Å². The normalized spacial score (nSPS) is 42.8. The first-order valence-corrected chi connectivity index (χ1v) is 6.14. The fourth-order valence-electron chi connectivity index (χ4n) is 1.95. The lowest BCUT2D eigenvalue weighted by Gasteiger charge is -2.23. The van der Waals surface area contributed by atoms with Gasteiger partial charge in [0.15, 0.2) is 0 Å². The van der Waals surface area contributed by atoms with Crippen LogP contribution in [-0.2, 0) is 4.52 Å². The molecule has 2 atom stereocenters. The Hall–Kier alpha value is 0.640. The molecule has 0 bridgehead atoms. The van der Waals surface area contributed by atoms with Crippen LogP contribution in [0.2, 0.25) is 0 Å². The van der Waals surface area contributed by atoms with E-state index in [1.54, 1.807) is 0 Å². The molecule has 0 aromatic rings. The molecule has 4 heteroatoms. The van der Waals surface area contributed by atoms with Crippen molar-refractivity contribution in [3.63, 3.8) is 0 Å². The second-order valence-electron chi connectivity index (χ2n) is 3.74. The van der Waals surface area contributed by atoms with E-state index in [4.69, 9.17) is 15.8 Å². The van der Waals surface area contributed by atoms with Gasteiger partial charge in [-0.1, -0.05) is 0 Å². The predicted octanol–water partition coefficient (Wildman–Crippen LogP) is 2.73. The molecule has 2 unspecified atom stereocenters. The van der Waals surface area contributed by atoms with Crippen molar-refractivity contribution in [1.29, 1.82) is 0 Å². The maximum absolute atomic E-state index is 6.07. The van der Waals surface area contributed by atoms with E-state index in [1.807, 2.05) is 0 Å². The van der Waals surface area contributed by atoms with Gasteiger partial charge in [0.1, 0.15) is 0 Å². The molecule has 0 saturated carbocycles. The van der Waals surface area contributed by atoms with Gasteiger partial charge in [-0.25, -0.2) is 4.67 Å². The van der Waals surface area contributed by atoms with Crippen LogP contribution in [0.15, 0.2) is 0 Å². The molecule has 0 radical (unpaired) electrons. The van der Waals surface area contributed by atoms with Gasteiger partial charge in [0, 0.05) is 12.6 Å². The van der Waals surface area contributed by atoms with Crippen LogP contribution in [0.1, 0.15) is 26.7 Å². The molecule has 2 aliphatic heterocycles. The first-order chi connectivity index (χ1) is 5.11. The highest BCUT2D eigenvalue weighted by Crippen LogP contribution is 2.61. The average molecular weight is 194 g/mol. The van der Waals surface area contributed by atoms with E-state index in [1.165, 1.54) is 12.8 Å². The standard InChI is InChI=1S/C7H13ClNOP/c1-7(2)6-4-3-5-9(6)11(8)10-7/h6H,3-5H2,1-2H3. The van der Waals surface area contributed by atoms with Crippen LogP contribution in [0.5, 0.6) is 0 Å². The Kier molecular flexibility index (Phi) is 1.92. The molecule has 2 heterocycles. The van der Waals surface area contributed by atoms with E-state index in [-0.39, 0.29) is 5.60 Å². The Balaban J connectivity index is 2.20. The van der Waals surface area contributed by atoms with E-state index in [0.29, 0.717) is 6.04 Å². The fourth-order valence-corrected chi connectivity index (χ4v) is 4.56. The highest BCUT2D eigenvalue weighted by Gasteiger charge is 2.49. The molecule has 0 amide bonds. The fraction of sp³-hybridized carbons (Fsp3) is 1.00. The predicted molar refractivity (Wildman–Crippen MR) is 47.7 cm³/mol. The summed E-state index contributed by atoms with van der Waals surface area (Å²) in [5, 5.41) is 0. The van der Waals surface area contributed by atoms with Gasteiger partial charge in [0.05, 0.1) is 5.60 Å². The largest absolute Gasteiger partial charge is 0.324 e. The van der Waals surface area contributed by atoms with Gasteiger partial charge in [-0.05, 0) is 37.9 Å². The maximum Gasteiger partial charge on any atom is 0.207 e. The molecule has 2 rings (SSSR count). The second-order valence-corrected chi connectivity index (χ2v) is 5.76. The minimum Gasteiger partial charge on any atom is -0.324 e. The number of fused-ring (bicyclic) bond motifs is 1. The van der Waals surface area contributed by atoms with Gasteiger partial charge in [-0.15, -0.1) is 0 Å². The summed E-state index contributed by atoms with van der Waals surface area (Å²) in [7, 11) is -0.788. The molecule has 0 aromatic heterocycles. The van der Waals surface area contributed by atoms with Crippen LogP contribution < -0.4 is 0 Å². The third-order valence-corrected chi connectivity index (χ3v) is 4.83. The molecule has 0 aliphatic carbocycles. The molecule has 2 saturated heterocycles. The number of hydrogen-bond acceptors (Lipinski definition) is 2. The number of hydrogen-bond donors (Lipinski definition) is 0. The molecule has 2 nitrogen and oxygen atoms in total. The summed E-state index contributed by atoms with van der Waals surface area (Å²) in [6.45, 7) is 5.41. The Morgan fingerprint density at radius 3 is 3.00 bits per heavy atom. The lowest BCUT2D eigenvalue weighted by atomic mass is 9.98. The molecule has 0 aromatic carbocycles. The van der Waals surface area contributed by atoms with Crippen molar-refractivity contribution < 1.29 is 4.52 Å². The highest BCUT2D eigenvalue weighted by molar-refractivity contribution is 7.78. The van der Waals surface area contributed by atoms with Crippen molar-refractivity contribution in [1.82, 2.24) is 4.67 Å². The van der Waals surface area contributed by atoms with Crippen LogP contribution in [0.3, 0.4) is 0 Å². The Bertz CT molecular complexity index is 176. The average Bonchev–Trinajstić information content (AvgIpc) is 2.37. The lowest BCUT2D eigenvalue weighted by molar-refractivity contribution is 0.113. The van der Waals surface area contributed by atoms with Gasteiger partial charge in [-0.3, -0.25) is 0 Å². The third-order valence-electron chi connectivity index (χ3n) is 2.54. The Morgan fingerprint density at radius 2 is 2.36 bits per heavy atom. The summed E-state index contributed by atoms with van der Waals surface area (Å²) in [5.41, 5.74) is -0.00997. The Morgan fingerprint density at radius 1 is 1.64 bits per heavy atom. The van der Waals surface area contributed by atoms with Crippen molar-refractivity contribution in [2.24, 2.45) is 0 Å². The zero-order chi connectivity index (χ0) is 8.06.